The number of nitrogens with two attached hydrogens (primary N) is 1. The minimum Gasteiger partial charge on any atom is -0.494 e. The summed E-state index contributed by atoms with van der Waals surface area (Å²) in [4.78, 5) is 12.0. The van der Waals surface area contributed by atoms with E-state index in [9.17, 15) is 4.79 Å². The molecule has 9 nitrogen and oxygen atoms in total. The molecule has 0 bridgehead atoms. The molecule has 2 aromatic heterocycles. The van der Waals surface area contributed by atoms with Crippen molar-refractivity contribution in [3.63, 3.8) is 0 Å². The second kappa shape index (κ2) is 7.04. The van der Waals surface area contributed by atoms with E-state index >= 15 is 0 Å². The highest BCUT2D eigenvalue weighted by molar-refractivity contribution is 5.94. The lowest BCUT2D eigenvalue weighted by Gasteiger charge is -2.02. The summed E-state index contributed by atoms with van der Waals surface area (Å²) in [5.74, 6) is 0.460. The first-order valence-corrected chi connectivity index (χ1v) is 7.53. The van der Waals surface area contributed by atoms with Crippen LogP contribution in [0.5, 0.6) is 5.75 Å². The van der Waals surface area contributed by atoms with E-state index in [2.05, 4.69) is 15.4 Å². The molecule has 0 fully saturated rings. The largest absolute Gasteiger partial charge is 0.494 e. The molecule has 25 heavy (non-hydrogen) atoms. The number of aryl methyl sites for hydroxylation is 1. The van der Waals surface area contributed by atoms with E-state index in [-0.39, 0.29) is 23.9 Å². The number of anilines is 1. The molecule has 2 heterocycles. The van der Waals surface area contributed by atoms with Crippen LogP contribution in [-0.2, 0) is 11.3 Å². The van der Waals surface area contributed by atoms with E-state index in [0.29, 0.717) is 18.2 Å². The number of rotatable bonds is 6. The highest BCUT2D eigenvalue weighted by Crippen LogP contribution is 2.22. The lowest BCUT2D eigenvalue weighted by atomic mass is 10.2. The molecule has 1 aromatic carbocycles. The molecule has 0 spiro atoms. The monoisotopic (exact) mass is 344 g/mol. The van der Waals surface area contributed by atoms with Crippen molar-refractivity contribution >= 4 is 11.9 Å². The summed E-state index contributed by atoms with van der Waals surface area (Å²) >= 11 is 0. The Morgan fingerprint density at radius 1 is 1.24 bits per heavy atom. The number of ether oxygens (including phenoxy) is 2. The number of carbonyl (C=O) groups excluding carboxylic acids is 1. The minimum atomic E-state index is -0.669. The SMILES string of the molecule is CCOc1ccc(-c2nnc(COC(=O)c3c(C)noc3N)o2)cc1. The summed E-state index contributed by atoms with van der Waals surface area (Å²) in [6.45, 7) is 3.90. The Bertz CT molecular complexity index is 850. The summed E-state index contributed by atoms with van der Waals surface area (Å²) in [7, 11) is 0. The van der Waals surface area contributed by atoms with Crippen LogP contribution >= 0.6 is 0 Å². The number of hydrogen-bond donors (Lipinski definition) is 1. The van der Waals surface area contributed by atoms with Crippen molar-refractivity contribution in [2.24, 2.45) is 0 Å². The molecule has 0 saturated carbocycles. The molecule has 0 amide bonds. The van der Waals surface area contributed by atoms with Crippen LogP contribution in [0.3, 0.4) is 0 Å². The van der Waals surface area contributed by atoms with Gasteiger partial charge in [-0.05, 0) is 38.1 Å². The van der Waals surface area contributed by atoms with Gasteiger partial charge in [0.25, 0.3) is 5.89 Å². The summed E-state index contributed by atoms with van der Waals surface area (Å²) in [6.07, 6.45) is 0. The molecule has 3 aromatic rings. The van der Waals surface area contributed by atoms with Gasteiger partial charge < -0.3 is 24.1 Å². The van der Waals surface area contributed by atoms with E-state index < -0.39 is 5.97 Å². The van der Waals surface area contributed by atoms with Crippen LogP contribution in [-0.4, -0.2) is 27.9 Å². The average Bonchev–Trinajstić information content (AvgIpc) is 3.21. The maximum atomic E-state index is 12.0. The van der Waals surface area contributed by atoms with Crippen LogP contribution in [0.1, 0.15) is 28.9 Å². The average molecular weight is 344 g/mol. The number of aromatic nitrogens is 3. The summed E-state index contributed by atoms with van der Waals surface area (Å²) < 4.78 is 20.7. The van der Waals surface area contributed by atoms with Crippen molar-refractivity contribution in [2.75, 3.05) is 12.3 Å². The van der Waals surface area contributed by atoms with E-state index in [1.54, 1.807) is 31.2 Å². The zero-order chi connectivity index (χ0) is 17.8. The maximum absolute atomic E-state index is 12.0. The Morgan fingerprint density at radius 3 is 2.64 bits per heavy atom. The van der Waals surface area contributed by atoms with Crippen LogP contribution in [0.2, 0.25) is 0 Å². The Labute approximate surface area is 142 Å². The molecule has 2 N–H and O–H groups in total. The highest BCUT2D eigenvalue weighted by atomic mass is 16.5. The van der Waals surface area contributed by atoms with E-state index in [0.717, 1.165) is 11.3 Å². The second-order valence-corrected chi connectivity index (χ2v) is 5.04. The summed E-state index contributed by atoms with van der Waals surface area (Å²) in [6, 6.07) is 7.21. The Hall–Kier alpha value is -3.36. The predicted molar refractivity (Wildman–Crippen MR) is 85.7 cm³/mol. The Kier molecular flexibility index (Phi) is 4.64. The molecular weight excluding hydrogens is 328 g/mol. The zero-order valence-corrected chi connectivity index (χ0v) is 13.7. The van der Waals surface area contributed by atoms with Crippen molar-refractivity contribution in [2.45, 2.75) is 20.5 Å². The molecule has 3 rings (SSSR count). The van der Waals surface area contributed by atoms with Crippen molar-refractivity contribution in [3.8, 4) is 17.2 Å². The third-order valence-corrected chi connectivity index (χ3v) is 3.30. The number of benzene rings is 1. The highest BCUT2D eigenvalue weighted by Gasteiger charge is 2.21. The molecule has 0 aliphatic rings. The van der Waals surface area contributed by atoms with Crippen molar-refractivity contribution in [3.05, 3.63) is 41.4 Å². The fraction of sp³-hybridized carbons (Fsp3) is 0.250. The fourth-order valence-corrected chi connectivity index (χ4v) is 2.12. The van der Waals surface area contributed by atoms with Crippen LogP contribution in [0.4, 0.5) is 5.88 Å². The van der Waals surface area contributed by atoms with Gasteiger partial charge in [-0.2, -0.15) is 0 Å². The summed E-state index contributed by atoms with van der Waals surface area (Å²) in [5, 5.41) is 11.4. The van der Waals surface area contributed by atoms with Gasteiger partial charge in [-0.15, -0.1) is 10.2 Å². The Morgan fingerprint density at radius 2 is 2.00 bits per heavy atom. The second-order valence-electron chi connectivity index (χ2n) is 5.04. The molecule has 0 aliphatic heterocycles. The smallest absolute Gasteiger partial charge is 0.346 e. The standard InChI is InChI=1S/C16H16N4O5/c1-3-22-11-6-4-10(5-7-11)15-19-18-12(24-15)8-23-16(21)13-9(2)20-25-14(13)17/h4-7H,3,8,17H2,1-2H3. The van der Waals surface area contributed by atoms with Gasteiger partial charge in [0, 0.05) is 5.56 Å². The van der Waals surface area contributed by atoms with Crippen molar-refractivity contribution < 1.29 is 23.2 Å². The van der Waals surface area contributed by atoms with Crippen molar-refractivity contribution in [1.29, 1.82) is 0 Å². The van der Waals surface area contributed by atoms with Gasteiger partial charge in [-0.1, -0.05) is 5.16 Å². The van der Waals surface area contributed by atoms with Crippen LogP contribution < -0.4 is 10.5 Å². The molecule has 0 aliphatic carbocycles. The third kappa shape index (κ3) is 3.60. The quantitative estimate of drug-likeness (QED) is 0.670. The van der Waals surface area contributed by atoms with Gasteiger partial charge in [0.15, 0.2) is 6.61 Å². The van der Waals surface area contributed by atoms with Gasteiger partial charge in [0.1, 0.15) is 11.3 Å². The van der Waals surface area contributed by atoms with Gasteiger partial charge in [0.2, 0.25) is 11.8 Å². The zero-order valence-electron chi connectivity index (χ0n) is 13.7. The lowest BCUT2D eigenvalue weighted by molar-refractivity contribution is 0.0438. The third-order valence-electron chi connectivity index (χ3n) is 3.30. The molecule has 9 heteroatoms. The summed E-state index contributed by atoms with van der Waals surface area (Å²) in [5.41, 5.74) is 6.70. The van der Waals surface area contributed by atoms with E-state index in [1.807, 2.05) is 6.92 Å². The number of carbonyl (C=O) groups is 1. The first-order chi connectivity index (χ1) is 12.1. The molecule has 0 atom stereocenters. The maximum Gasteiger partial charge on any atom is 0.346 e. The number of esters is 1. The first kappa shape index (κ1) is 16.5. The van der Waals surface area contributed by atoms with Crippen molar-refractivity contribution in [1.82, 2.24) is 15.4 Å². The van der Waals surface area contributed by atoms with Crippen LogP contribution in [0.25, 0.3) is 11.5 Å². The van der Waals surface area contributed by atoms with Gasteiger partial charge in [-0.25, -0.2) is 4.79 Å². The van der Waals surface area contributed by atoms with Crippen LogP contribution in [0.15, 0.2) is 33.2 Å². The van der Waals surface area contributed by atoms with E-state index in [4.69, 9.17) is 24.1 Å². The molecule has 130 valence electrons. The molecular formula is C16H16N4O5. The Balaban J connectivity index is 1.64. The number of nitrogen functional groups attached to an aromatic ring is 1. The topological polar surface area (TPSA) is 127 Å². The van der Waals surface area contributed by atoms with Gasteiger partial charge in [0.05, 0.1) is 12.3 Å². The molecule has 0 saturated heterocycles. The number of nitrogens with zero attached hydrogens (tertiary/aromatic N) is 3. The number of hydrogen-bond acceptors (Lipinski definition) is 9. The van der Waals surface area contributed by atoms with Gasteiger partial charge in [-0.3, -0.25) is 0 Å². The molecule has 0 radical (unpaired) electrons. The van der Waals surface area contributed by atoms with Crippen LogP contribution in [0, 0.1) is 6.92 Å². The normalized spacial score (nSPS) is 10.6. The fourth-order valence-electron chi connectivity index (χ4n) is 2.12. The predicted octanol–water partition coefficient (Wildman–Crippen LogP) is 2.37. The van der Waals surface area contributed by atoms with Gasteiger partial charge >= 0.3 is 5.97 Å². The first-order valence-electron chi connectivity index (χ1n) is 7.53. The minimum absolute atomic E-state index is 0.0891. The molecule has 0 unspecified atom stereocenters. The lowest BCUT2D eigenvalue weighted by Crippen LogP contribution is -2.08. The van der Waals surface area contributed by atoms with E-state index in [1.165, 1.54) is 0 Å².